The zero-order chi connectivity index (χ0) is 9.89. The van der Waals surface area contributed by atoms with Crippen molar-refractivity contribution in [2.45, 2.75) is 6.92 Å². The lowest BCUT2D eigenvalue weighted by molar-refractivity contribution is -0.110. The molecule has 0 aromatic heterocycles. The summed E-state index contributed by atoms with van der Waals surface area (Å²) < 4.78 is 0. The van der Waals surface area contributed by atoms with Gasteiger partial charge in [0.15, 0.2) is 0 Å². The van der Waals surface area contributed by atoms with Gasteiger partial charge in [0.2, 0.25) is 0 Å². The summed E-state index contributed by atoms with van der Waals surface area (Å²) in [6.07, 6.45) is 1.57. The topological polar surface area (TPSA) is 17.1 Å². The summed E-state index contributed by atoms with van der Waals surface area (Å²) in [6.45, 7) is 1.95. The lowest BCUT2D eigenvalue weighted by Gasteiger charge is -2.20. The molecule has 1 nitrogen and oxygen atoms in total. The van der Waals surface area contributed by atoms with Gasteiger partial charge in [0.1, 0.15) is 6.49 Å². The van der Waals surface area contributed by atoms with Crippen molar-refractivity contribution in [3.63, 3.8) is 0 Å². The summed E-state index contributed by atoms with van der Waals surface area (Å²) in [7, 11) is 10.8. The van der Waals surface area contributed by atoms with Crippen LogP contribution in [0.25, 0.3) is 0 Å². The van der Waals surface area contributed by atoms with Gasteiger partial charge in [0, 0.05) is 19.2 Å². The number of rotatable bonds is 4. The van der Waals surface area contributed by atoms with E-state index in [0.717, 1.165) is 0 Å². The van der Waals surface area contributed by atoms with Crippen molar-refractivity contribution >= 4 is 70.0 Å². The van der Waals surface area contributed by atoms with Crippen molar-refractivity contribution in [1.29, 1.82) is 0 Å². The van der Waals surface area contributed by atoms with E-state index in [9.17, 15) is 4.79 Å². The van der Waals surface area contributed by atoms with Crippen LogP contribution in [0.1, 0.15) is 6.92 Å². The molecule has 0 spiro atoms. The Labute approximate surface area is 82.2 Å². The van der Waals surface area contributed by atoms with E-state index in [4.69, 9.17) is 0 Å². The molecule has 0 saturated carbocycles. The van der Waals surface area contributed by atoms with Crippen LogP contribution < -0.4 is 0 Å². The molecule has 0 saturated heterocycles. The first-order valence-electron chi connectivity index (χ1n) is 4.88. The quantitative estimate of drug-likeness (QED) is 0.365. The summed E-state index contributed by atoms with van der Waals surface area (Å²) in [5.74, 6) is 0. The molecule has 0 aliphatic rings. The molecule has 0 amide bonds. The Bertz CT molecular complexity index is 155. The van der Waals surface area contributed by atoms with E-state index in [1.807, 2.05) is 0 Å². The molecule has 0 unspecified atom stereocenters. The van der Waals surface area contributed by atoms with Gasteiger partial charge < -0.3 is 4.79 Å². The third-order valence-corrected chi connectivity index (χ3v) is 2.81. The number of hydrogen-bond acceptors (Lipinski definition) is 1. The molecule has 0 N–H and O–H groups in total. The molecular weight excluding hydrogens is 137 g/mol. The second-order valence-corrected chi connectivity index (χ2v) is 4.48. The van der Waals surface area contributed by atoms with Gasteiger partial charge in [-0.05, 0) is 6.92 Å². The van der Waals surface area contributed by atoms with Crippen molar-refractivity contribution < 1.29 is 4.79 Å². The Kier molecular flexibility index (Phi) is 5.19. The van der Waals surface area contributed by atoms with Gasteiger partial charge in [0.05, 0.1) is 44.4 Å². The fourth-order valence-corrected chi connectivity index (χ4v) is 1.86. The van der Waals surface area contributed by atoms with E-state index in [-0.39, 0.29) is 6.49 Å². The van der Waals surface area contributed by atoms with E-state index in [1.54, 1.807) is 6.92 Å². The monoisotopic (exact) mass is 152 g/mol. The molecule has 0 heterocycles. The molecule has 0 rings (SSSR count). The predicted octanol–water partition coefficient (Wildman–Crippen LogP) is -6.02. The summed E-state index contributed by atoms with van der Waals surface area (Å²) in [6, 6.07) is 0. The Hall–Kier alpha value is 0.254. The van der Waals surface area contributed by atoms with E-state index in [1.165, 1.54) is 0 Å². The van der Waals surface area contributed by atoms with Crippen molar-refractivity contribution in [3.05, 3.63) is 0 Å². The maximum Gasteiger partial charge on any atom is 0.128 e. The van der Waals surface area contributed by atoms with Gasteiger partial charge in [-0.2, -0.15) is 0 Å². The highest BCUT2D eigenvalue weighted by Gasteiger charge is 2.33. The summed E-state index contributed by atoms with van der Waals surface area (Å²) in [5, 5.41) is 0. The smallest absolute Gasteiger partial charge is 0.128 e. The number of carbonyl (C=O) groups excluding carboxylic acids is 1. The van der Waals surface area contributed by atoms with E-state index >= 15 is 0 Å². The fourth-order valence-electron chi connectivity index (χ4n) is 1.86. The molecule has 12 heavy (non-hydrogen) atoms. The van der Waals surface area contributed by atoms with Crippen molar-refractivity contribution in [1.82, 2.24) is 0 Å². The van der Waals surface area contributed by atoms with Crippen molar-refractivity contribution in [2.75, 3.05) is 0 Å². The zero-order valence-electron chi connectivity index (χ0n) is 9.22. The molecular formula is C2H13B9O. The third kappa shape index (κ3) is 3.32. The SMILES string of the molecule is BB(B)B(B)B(B(B)B)C(C)=O. The van der Waals surface area contributed by atoms with Crippen LogP contribution in [-0.2, 0) is 4.79 Å². The molecule has 0 aliphatic carbocycles. The first kappa shape index (κ1) is 12.3. The highest BCUT2D eigenvalue weighted by atomic mass is 16.1. The summed E-state index contributed by atoms with van der Waals surface area (Å²) in [4.78, 5) is 11.3. The van der Waals surface area contributed by atoms with Gasteiger partial charge in [-0.3, -0.25) is 0 Å². The second-order valence-electron chi connectivity index (χ2n) is 4.48. The standard InChI is InChI=1S/C2H13B9O/c1-2(12)8(9(3)4)11(7)10(5)6/h3-7H2,1H3. The third-order valence-electron chi connectivity index (χ3n) is 2.81. The van der Waals surface area contributed by atoms with Crippen LogP contribution >= 0.6 is 0 Å². The molecule has 10 heteroatoms. The average Bonchev–Trinajstić information content (AvgIpc) is 1.85. The molecule has 0 fully saturated rings. The first-order chi connectivity index (χ1) is 5.37. The first-order valence-corrected chi connectivity index (χ1v) is 4.88. The van der Waals surface area contributed by atoms with Crippen LogP contribution in [0.5, 0.6) is 0 Å². The number of carbonyl (C=O) groups is 1. The highest BCUT2D eigenvalue weighted by Crippen LogP contribution is 1.92. The Balaban J connectivity index is 4.40. The van der Waals surface area contributed by atoms with Gasteiger partial charge in [-0.1, -0.05) is 0 Å². The van der Waals surface area contributed by atoms with Crippen LogP contribution in [0.15, 0.2) is 0 Å². The highest BCUT2D eigenvalue weighted by molar-refractivity contribution is 7.95. The normalized spacial score (nSPS) is 8.75. The molecule has 0 radical (unpaired) electrons. The maximum atomic E-state index is 11.3. The van der Waals surface area contributed by atoms with Crippen LogP contribution in [0.4, 0.5) is 0 Å². The largest absolute Gasteiger partial charge is 0.313 e. The Morgan fingerprint density at radius 1 is 1.00 bits per heavy atom. The van der Waals surface area contributed by atoms with Gasteiger partial charge in [0.25, 0.3) is 0 Å². The minimum Gasteiger partial charge on any atom is -0.313 e. The molecule has 0 atom stereocenters. The van der Waals surface area contributed by atoms with Gasteiger partial charge in [-0.25, -0.2) is 0 Å². The van der Waals surface area contributed by atoms with Crippen LogP contribution in [0, 0.1) is 0 Å². The fraction of sp³-hybridized carbons (Fsp3) is 0.500. The molecule has 0 aromatic rings. The minimum atomic E-state index is 0.241. The van der Waals surface area contributed by atoms with Crippen LogP contribution in [0.3, 0.4) is 0 Å². The predicted molar refractivity (Wildman–Crippen MR) is 76.4 cm³/mol. The molecule has 0 bridgehead atoms. The van der Waals surface area contributed by atoms with E-state index in [2.05, 4.69) is 38.7 Å². The molecule has 0 aliphatic heterocycles. The van der Waals surface area contributed by atoms with E-state index in [0.29, 0.717) is 24.8 Å². The zero-order valence-corrected chi connectivity index (χ0v) is 9.22. The summed E-state index contributed by atoms with van der Waals surface area (Å²) in [5.41, 5.74) is 0.339. The minimum absolute atomic E-state index is 0.241. The van der Waals surface area contributed by atoms with E-state index < -0.39 is 0 Å². The molecule has 0 aromatic carbocycles. The Morgan fingerprint density at radius 2 is 1.42 bits per heavy atom. The van der Waals surface area contributed by atoms with Crippen molar-refractivity contribution in [2.24, 2.45) is 0 Å². The van der Waals surface area contributed by atoms with Crippen LogP contribution in [0.2, 0.25) is 0 Å². The number of hydrogen-bond donors (Lipinski definition) is 0. The lowest BCUT2D eigenvalue weighted by Crippen LogP contribution is -2.62. The summed E-state index contributed by atoms with van der Waals surface area (Å²) >= 11 is 0. The lowest BCUT2D eigenvalue weighted by atomic mass is 8.63. The maximum absolute atomic E-state index is 11.3. The average molecular weight is 150 g/mol. The van der Waals surface area contributed by atoms with Crippen LogP contribution in [-0.4, -0.2) is 70.0 Å². The molecule has 54 valence electrons. The van der Waals surface area contributed by atoms with Gasteiger partial charge in [-0.15, -0.1) is 0 Å². The second kappa shape index (κ2) is 5.09. The van der Waals surface area contributed by atoms with Crippen molar-refractivity contribution in [3.8, 4) is 0 Å². The Morgan fingerprint density at radius 3 is 1.50 bits per heavy atom. The van der Waals surface area contributed by atoms with Gasteiger partial charge >= 0.3 is 0 Å².